The van der Waals surface area contributed by atoms with Gasteiger partial charge in [-0.2, -0.15) is 0 Å². The van der Waals surface area contributed by atoms with Crippen LogP contribution in [0.25, 0.3) is 0 Å². The Labute approximate surface area is 215 Å². The van der Waals surface area contributed by atoms with Gasteiger partial charge in [0.2, 0.25) is 11.5 Å². The van der Waals surface area contributed by atoms with E-state index in [1.54, 1.807) is 12.1 Å². The Morgan fingerprint density at radius 3 is 1.72 bits per heavy atom. The Bertz CT molecular complexity index is 1020. The fraction of sp³-hybridized carbons (Fsp3) is 0.600. The first-order valence-corrected chi connectivity index (χ1v) is 13.7. The van der Waals surface area contributed by atoms with Crippen molar-refractivity contribution < 1.29 is 30.3 Å². The zero-order valence-corrected chi connectivity index (χ0v) is 22.3. The molecule has 3 rings (SSSR count). The van der Waals surface area contributed by atoms with E-state index in [1.165, 1.54) is 6.07 Å². The van der Waals surface area contributed by atoms with Crippen molar-refractivity contribution >= 4 is 0 Å². The highest BCUT2D eigenvalue weighted by molar-refractivity contribution is 5.61. The van der Waals surface area contributed by atoms with Crippen LogP contribution in [0.4, 0.5) is 0 Å². The van der Waals surface area contributed by atoms with Crippen molar-refractivity contribution in [1.29, 1.82) is 0 Å². The van der Waals surface area contributed by atoms with Gasteiger partial charge in [0.15, 0.2) is 23.0 Å². The molecule has 2 atom stereocenters. The summed E-state index contributed by atoms with van der Waals surface area (Å²) in [5.41, 5.74) is -0.113. The molecule has 0 amide bonds. The minimum Gasteiger partial charge on any atom is -0.504 e. The maximum absolute atomic E-state index is 11.2. The Balaban J connectivity index is 2.45. The molecule has 0 spiro atoms. The number of phenols is 5. The SMILES string of the molecule is CCCCC1(CCCC)c2ccc(O)c(O)c2OC(CCCC)(c2ccc(O)c(O)c2O)C1CCC. The zero-order valence-electron chi connectivity index (χ0n) is 22.3. The number of fused-ring (bicyclic) bond motifs is 1. The minimum absolute atomic E-state index is 0.0639. The lowest BCUT2D eigenvalue weighted by molar-refractivity contribution is -0.0792. The summed E-state index contributed by atoms with van der Waals surface area (Å²) < 4.78 is 6.81. The molecule has 200 valence electrons. The molecule has 6 heteroatoms. The van der Waals surface area contributed by atoms with E-state index in [2.05, 4.69) is 27.7 Å². The zero-order chi connectivity index (χ0) is 26.5. The molecule has 0 aromatic heterocycles. The molecule has 1 aliphatic heterocycles. The van der Waals surface area contributed by atoms with Crippen molar-refractivity contribution in [2.45, 2.75) is 109 Å². The fourth-order valence-electron chi connectivity index (χ4n) is 6.42. The Morgan fingerprint density at radius 2 is 1.17 bits per heavy atom. The number of benzene rings is 2. The summed E-state index contributed by atoms with van der Waals surface area (Å²) in [6.07, 6.45) is 9.73. The Hall–Kier alpha value is -2.76. The third kappa shape index (κ3) is 4.67. The van der Waals surface area contributed by atoms with Crippen molar-refractivity contribution in [2.75, 3.05) is 0 Å². The normalized spacial score (nSPS) is 20.6. The van der Waals surface area contributed by atoms with E-state index in [1.807, 2.05) is 6.07 Å². The predicted molar refractivity (Wildman–Crippen MR) is 142 cm³/mol. The number of hydrogen-bond donors (Lipinski definition) is 5. The lowest BCUT2D eigenvalue weighted by Gasteiger charge is -2.56. The van der Waals surface area contributed by atoms with Gasteiger partial charge in [0, 0.05) is 22.5 Å². The monoisotopic (exact) mass is 500 g/mol. The highest BCUT2D eigenvalue weighted by atomic mass is 16.5. The number of rotatable bonds is 12. The van der Waals surface area contributed by atoms with Gasteiger partial charge in [-0.25, -0.2) is 0 Å². The fourth-order valence-corrected chi connectivity index (χ4v) is 6.42. The molecule has 6 nitrogen and oxygen atoms in total. The Morgan fingerprint density at radius 1 is 0.639 bits per heavy atom. The van der Waals surface area contributed by atoms with Crippen LogP contribution in [0.5, 0.6) is 34.5 Å². The van der Waals surface area contributed by atoms with Gasteiger partial charge >= 0.3 is 0 Å². The first-order chi connectivity index (χ1) is 17.2. The van der Waals surface area contributed by atoms with Crippen LogP contribution in [0.3, 0.4) is 0 Å². The molecule has 2 unspecified atom stereocenters. The van der Waals surface area contributed by atoms with Crippen LogP contribution in [-0.4, -0.2) is 25.5 Å². The second-order valence-electron chi connectivity index (χ2n) is 10.4. The summed E-state index contributed by atoms with van der Waals surface area (Å²) in [5.74, 6) is -1.69. The number of phenolic OH excluding ortho intramolecular Hbond substituents is 5. The second kappa shape index (κ2) is 11.5. The van der Waals surface area contributed by atoms with Crippen LogP contribution < -0.4 is 4.74 Å². The second-order valence-corrected chi connectivity index (χ2v) is 10.4. The van der Waals surface area contributed by atoms with Crippen LogP contribution >= 0.6 is 0 Å². The largest absolute Gasteiger partial charge is 0.504 e. The number of ether oxygens (including phenoxy) is 1. The first-order valence-electron chi connectivity index (χ1n) is 13.7. The molecule has 0 saturated heterocycles. The molecule has 36 heavy (non-hydrogen) atoms. The summed E-state index contributed by atoms with van der Waals surface area (Å²) in [6, 6.07) is 6.48. The first kappa shape index (κ1) is 27.8. The average Bonchev–Trinajstić information content (AvgIpc) is 2.87. The number of aromatic hydroxyl groups is 5. The summed E-state index contributed by atoms with van der Waals surface area (Å²) in [7, 11) is 0. The molecule has 2 aromatic rings. The van der Waals surface area contributed by atoms with Crippen LogP contribution in [0.15, 0.2) is 24.3 Å². The summed E-state index contributed by atoms with van der Waals surface area (Å²) >= 11 is 0. The molecular formula is C30H44O6. The van der Waals surface area contributed by atoms with Crippen molar-refractivity contribution in [3.63, 3.8) is 0 Å². The van der Waals surface area contributed by atoms with Crippen molar-refractivity contribution in [3.8, 4) is 34.5 Å². The van der Waals surface area contributed by atoms with Gasteiger partial charge in [-0.3, -0.25) is 0 Å². The van der Waals surface area contributed by atoms with Gasteiger partial charge < -0.3 is 30.3 Å². The third-order valence-electron chi connectivity index (χ3n) is 8.18. The molecule has 0 bridgehead atoms. The molecule has 1 aliphatic rings. The van der Waals surface area contributed by atoms with E-state index >= 15 is 0 Å². The van der Waals surface area contributed by atoms with E-state index in [0.717, 1.165) is 69.8 Å². The third-order valence-corrected chi connectivity index (χ3v) is 8.18. The molecule has 0 radical (unpaired) electrons. The lowest BCUT2D eigenvalue weighted by atomic mass is 9.54. The molecule has 0 saturated carbocycles. The van der Waals surface area contributed by atoms with E-state index in [0.29, 0.717) is 12.0 Å². The van der Waals surface area contributed by atoms with E-state index in [9.17, 15) is 25.5 Å². The van der Waals surface area contributed by atoms with Gasteiger partial charge in [-0.15, -0.1) is 0 Å². The maximum Gasteiger partial charge on any atom is 0.200 e. The van der Waals surface area contributed by atoms with Gasteiger partial charge in [0.05, 0.1) is 0 Å². The standard InChI is InChI=1S/C30H44O6/c1-5-9-17-29(18-10-6-2)21-14-16-23(32)27(35)28(21)36-30(19-11-7-3,24(29)12-8-4)20-13-15-22(31)26(34)25(20)33/h13-16,24,31-35H,5-12,17-19H2,1-4H3. The predicted octanol–water partition coefficient (Wildman–Crippen LogP) is 7.73. The van der Waals surface area contributed by atoms with Gasteiger partial charge in [0.1, 0.15) is 5.60 Å². The summed E-state index contributed by atoms with van der Waals surface area (Å²) in [4.78, 5) is 0. The molecule has 5 N–H and O–H groups in total. The molecule has 0 aliphatic carbocycles. The number of unbranched alkanes of at least 4 members (excludes halogenated alkanes) is 3. The highest BCUT2D eigenvalue weighted by Crippen LogP contribution is 2.64. The van der Waals surface area contributed by atoms with Gasteiger partial charge in [-0.05, 0) is 50.3 Å². The van der Waals surface area contributed by atoms with Crippen molar-refractivity contribution in [2.24, 2.45) is 5.92 Å². The average molecular weight is 501 g/mol. The van der Waals surface area contributed by atoms with Crippen LogP contribution in [-0.2, 0) is 11.0 Å². The summed E-state index contributed by atoms with van der Waals surface area (Å²) in [6.45, 7) is 8.58. The van der Waals surface area contributed by atoms with E-state index in [4.69, 9.17) is 4.74 Å². The quantitative estimate of drug-likeness (QED) is 0.191. The minimum atomic E-state index is -1.07. The smallest absolute Gasteiger partial charge is 0.200 e. The number of hydrogen-bond acceptors (Lipinski definition) is 6. The van der Waals surface area contributed by atoms with E-state index < -0.39 is 22.8 Å². The topological polar surface area (TPSA) is 110 Å². The molecule has 1 heterocycles. The van der Waals surface area contributed by atoms with Crippen LogP contribution in [0, 0.1) is 5.92 Å². The van der Waals surface area contributed by atoms with Crippen molar-refractivity contribution in [1.82, 2.24) is 0 Å². The van der Waals surface area contributed by atoms with E-state index in [-0.39, 0.29) is 28.6 Å². The Kier molecular flexibility index (Phi) is 8.91. The highest BCUT2D eigenvalue weighted by Gasteiger charge is 2.58. The van der Waals surface area contributed by atoms with Crippen LogP contribution in [0.1, 0.15) is 109 Å². The van der Waals surface area contributed by atoms with Crippen LogP contribution in [0.2, 0.25) is 0 Å². The van der Waals surface area contributed by atoms with Crippen molar-refractivity contribution in [3.05, 3.63) is 35.4 Å². The molecule has 2 aromatic carbocycles. The summed E-state index contributed by atoms with van der Waals surface area (Å²) in [5, 5.41) is 53.4. The lowest BCUT2D eigenvalue weighted by Crippen LogP contribution is -2.55. The molecule has 0 fully saturated rings. The maximum atomic E-state index is 11.2. The van der Waals surface area contributed by atoms with Gasteiger partial charge in [-0.1, -0.05) is 72.3 Å². The van der Waals surface area contributed by atoms with Gasteiger partial charge in [0.25, 0.3) is 0 Å². The molecular weight excluding hydrogens is 456 g/mol.